The maximum atomic E-state index is 11.1. The van der Waals surface area contributed by atoms with Gasteiger partial charge in [0.15, 0.2) is 5.78 Å². The lowest BCUT2D eigenvalue weighted by Gasteiger charge is -2.19. The van der Waals surface area contributed by atoms with E-state index in [2.05, 4.69) is 4.98 Å². The Hall–Kier alpha value is -0.740. The lowest BCUT2D eigenvalue weighted by atomic mass is 10.0. The Bertz CT molecular complexity index is 329. The van der Waals surface area contributed by atoms with Crippen LogP contribution in [0.2, 0.25) is 0 Å². The first-order chi connectivity index (χ1) is 6.77. The molecule has 4 heteroatoms. The first-order valence-electron chi connectivity index (χ1n) is 4.82. The Balaban J connectivity index is 2.11. The van der Waals surface area contributed by atoms with Crippen molar-refractivity contribution < 1.29 is 9.53 Å². The third kappa shape index (κ3) is 2.01. The zero-order valence-corrected chi connectivity index (χ0v) is 8.97. The standard InChI is InChI=1S/C10H13NO2S/c1-7(12)9-6-11-10(14-9)8-2-4-13-5-3-8/h6,8H,2-5H2,1H3. The van der Waals surface area contributed by atoms with Crippen LogP contribution >= 0.6 is 11.3 Å². The van der Waals surface area contributed by atoms with Crippen molar-refractivity contribution in [3.8, 4) is 0 Å². The molecule has 2 rings (SSSR count). The summed E-state index contributed by atoms with van der Waals surface area (Å²) in [5.41, 5.74) is 0. The Kier molecular flexibility index (Phi) is 2.93. The van der Waals surface area contributed by atoms with Crippen molar-refractivity contribution in [3.05, 3.63) is 16.1 Å². The van der Waals surface area contributed by atoms with E-state index in [1.807, 2.05) is 0 Å². The molecule has 0 atom stereocenters. The van der Waals surface area contributed by atoms with Crippen LogP contribution in [0.4, 0.5) is 0 Å². The van der Waals surface area contributed by atoms with Gasteiger partial charge < -0.3 is 4.74 Å². The molecule has 0 radical (unpaired) electrons. The van der Waals surface area contributed by atoms with Crippen molar-refractivity contribution in [3.63, 3.8) is 0 Å². The number of ether oxygens (including phenoxy) is 1. The van der Waals surface area contributed by atoms with Crippen LogP contribution in [-0.4, -0.2) is 24.0 Å². The van der Waals surface area contributed by atoms with Gasteiger partial charge in [0.2, 0.25) is 0 Å². The van der Waals surface area contributed by atoms with Crippen LogP contribution in [-0.2, 0) is 4.74 Å². The molecule has 1 aliphatic rings. The maximum Gasteiger partial charge on any atom is 0.171 e. The summed E-state index contributed by atoms with van der Waals surface area (Å²) in [7, 11) is 0. The number of carbonyl (C=O) groups excluding carboxylic acids is 1. The van der Waals surface area contributed by atoms with Crippen molar-refractivity contribution in [1.82, 2.24) is 4.98 Å². The summed E-state index contributed by atoms with van der Waals surface area (Å²) in [5, 5.41) is 1.10. The molecule has 76 valence electrons. The Morgan fingerprint density at radius 1 is 1.57 bits per heavy atom. The van der Waals surface area contributed by atoms with E-state index in [0.717, 1.165) is 35.9 Å². The molecular formula is C10H13NO2S. The molecule has 0 aliphatic carbocycles. The van der Waals surface area contributed by atoms with Gasteiger partial charge in [-0.15, -0.1) is 11.3 Å². The molecule has 0 spiro atoms. The number of nitrogens with zero attached hydrogens (tertiary/aromatic N) is 1. The van der Waals surface area contributed by atoms with Crippen LogP contribution in [0.15, 0.2) is 6.20 Å². The number of rotatable bonds is 2. The topological polar surface area (TPSA) is 39.2 Å². The van der Waals surface area contributed by atoms with Gasteiger partial charge in [-0.05, 0) is 12.8 Å². The second-order valence-corrected chi connectivity index (χ2v) is 4.57. The van der Waals surface area contributed by atoms with Crippen molar-refractivity contribution in [2.45, 2.75) is 25.7 Å². The molecular weight excluding hydrogens is 198 g/mol. The average Bonchev–Trinajstić information content (AvgIpc) is 2.68. The van der Waals surface area contributed by atoms with Gasteiger partial charge in [0, 0.05) is 32.3 Å². The highest BCUT2D eigenvalue weighted by Gasteiger charge is 2.19. The zero-order chi connectivity index (χ0) is 9.97. The largest absolute Gasteiger partial charge is 0.381 e. The lowest BCUT2D eigenvalue weighted by molar-refractivity contribution is 0.0853. The normalized spacial score (nSPS) is 18.4. The number of Topliss-reactive ketones (excluding diaryl/α,β-unsaturated/α-hetero) is 1. The third-order valence-electron chi connectivity index (χ3n) is 2.44. The van der Waals surface area contributed by atoms with E-state index in [1.165, 1.54) is 11.3 Å². The predicted octanol–water partition coefficient (Wildman–Crippen LogP) is 2.24. The Labute approximate surface area is 87.1 Å². The first-order valence-corrected chi connectivity index (χ1v) is 5.63. The molecule has 2 heterocycles. The van der Waals surface area contributed by atoms with Gasteiger partial charge in [0.25, 0.3) is 0 Å². The summed E-state index contributed by atoms with van der Waals surface area (Å²) >= 11 is 1.53. The van der Waals surface area contributed by atoms with Gasteiger partial charge in [-0.1, -0.05) is 0 Å². The quantitative estimate of drug-likeness (QED) is 0.704. The highest BCUT2D eigenvalue weighted by molar-refractivity contribution is 7.13. The van der Waals surface area contributed by atoms with Gasteiger partial charge >= 0.3 is 0 Å². The molecule has 0 bridgehead atoms. The molecule has 1 aromatic heterocycles. The number of carbonyl (C=O) groups is 1. The molecule has 1 aromatic rings. The second kappa shape index (κ2) is 4.19. The fourth-order valence-electron chi connectivity index (χ4n) is 1.58. The first kappa shape index (κ1) is 9.80. The second-order valence-electron chi connectivity index (χ2n) is 3.51. The average molecular weight is 211 g/mol. The van der Waals surface area contributed by atoms with E-state index in [4.69, 9.17) is 4.74 Å². The van der Waals surface area contributed by atoms with Crippen molar-refractivity contribution in [2.24, 2.45) is 0 Å². The minimum atomic E-state index is 0.112. The van der Waals surface area contributed by atoms with E-state index in [1.54, 1.807) is 13.1 Å². The van der Waals surface area contributed by atoms with Gasteiger partial charge in [-0.3, -0.25) is 4.79 Å². The van der Waals surface area contributed by atoms with Gasteiger partial charge in [0.05, 0.1) is 9.88 Å². The highest BCUT2D eigenvalue weighted by Crippen LogP contribution is 2.30. The monoisotopic (exact) mass is 211 g/mol. The molecule has 1 aliphatic heterocycles. The van der Waals surface area contributed by atoms with Crippen LogP contribution in [0.25, 0.3) is 0 Å². The number of aromatic nitrogens is 1. The van der Waals surface area contributed by atoms with Crippen LogP contribution < -0.4 is 0 Å². The van der Waals surface area contributed by atoms with E-state index in [-0.39, 0.29) is 5.78 Å². The molecule has 0 aromatic carbocycles. The van der Waals surface area contributed by atoms with E-state index in [9.17, 15) is 4.79 Å². The summed E-state index contributed by atoms with van der Waals surface area (Å²) < 4.78 is 5.29. The summed E-state index contributed by atoms with van der Waals surface area (Å²) in [6.45, 7) is 3.22. The summed E-state index contributed by atoms with van der Waals surface area (Å²) in [6, 6.07) is 0. The molecule has 0 amide bonds. The smallest absolute Gasteiger partial charge is 0.171 e. The minimum absolute atomic E-state index is 0.112. The predicted molar refractivity (Wildman–Crippen MR) is 54.9 cm³/mol. The Morgan fingerprint density at radius 2 is 2.29 bits per heavy atom. The fraction of sp³-hybridized carbons (Fsp3) is 0.600. The van der Waals surface area contributed by atoms with E-state index < -0.39 is 0 Å². The van der Waals surface area contributed by atoms with E-state index in [0.29, 0.717) is 5.92 Å². The van der Waals surface area contributed by atoms with Crippen LogP contribution in [0.5, 0.6) is 0 Å². The third-order valence-corrected chi connectivity index (χ3v) is 3.70. The van der Waals surface area contributed by atoms with Crippen molar-refractivity contribution in [2.75, 3.05) is 13.2 Å². The van der Waals surface area contributed by atoms with Gasteiger partial charge in [0.1, 0.15) is 0 Å². The van der Waals surface area contributed by atoms with Gasteiger partial charge in [-0.2, -0.15) is 0 Å². The van der Waals surface area contributed by atoms with Crippen LogP contribution in [0.1, 0.15) is 40.4 Å². The lowest BCUT2D eigenvalue weighted by Crippen LogP contribution is -2.13. The number of thiazole rings is 1. The molecule has 14 heavy (non-hydrogen) atoms. The number of hydrogen-bond acceptors (Lipinski definition) is 4. The summed E-state index contributed by atoms with van der Waals surface area (Å²) in [5.74, 6) is 0.614. The number of ketones is 1. The minimum Gasteiger partial charge on any atom is -0.381 e. The molecule has 0 unspecified atom stereocenters. The van der Waals surface area contributed by atoms with Crippen molar-refractivity contribution in [1.29, 1.82) is 0 Å². The molecule has 1 saturated heterocycles. The maximum absolute atomic E-state index is 11.1. The van der Waals surface area contributed by atoms with Gasteiger partial charge in [-0.25, -0.2) is 4.98 Å². The molecule has 3 nitrogen and oxygen atoms in total. The SMILES string of the molecule is CC(=O)c1cnc(C2CCOCC2)s1. The molecule has 1 fully saturated rings. The van der Waals surface area contributed by atoms with Crippen LogP contribution in [0.3, 0.4) is 0 Å². The van der Waals surface area contributed by atoms with Crippen molar-refractivity contribution >= 4 is 17.1 Å². The summed E-state index contributed by atoms with van der Waals surface area (Å²) in [4.78, 5) is 16.2. The highest BCUT2D eigenvalue weighted by atomic mass is 32.1. The fourth-order valence-corrected chi connectivity index (χ4v) is 2.57. The number of hydrogen-bond donors (Lipinski definition) is 0. The Morgan fingerprint density at radius 3 is 2.86 bits per heavy atom. The summed E-state index contributed by atoms with van der Waals surface area (Å²) in [6.07, 6.45) is 3.76. The van der Waals surface area contributed by atoms with E-state index >= 15 is 0 Å². The molecule has 0 N–H and O–H groups in total. The van der Waals surface area contributed by atoms with Crippen LogP contribution in [0, 0.1) is 0 Å². The zero-order valence-electron chi connectivity index (χ0n) is 8.16. The molecule has 0 saturated carbocycles.